The van der Waals surface area contributed by atoms with Gasteiger partial charge in [0.15, 0.2) is 0 Å². The van der Waals surface area contributed by atoms with Gasteiger partial charge < -0.3 is 4.74 Å². The van der Waals surface area contributed by atoms with Crippen LogP contribution in [0.25, 0.3) is 0 Å². The van der Waals surface area contributed by atoms with Crippen LogP contribution in [0.15, 0.2) is 24.3 Å². The summed E-state index contributed by atoms with van der Waals surface area (Å²) in [5.41, 5.74) is 2.59. The van der Waals surface area contributed by atoms with E-state index in [1.807, 2.05) is 0 Å². The van der Waals surface area contributed by atoms with E-state index in [4.69, 9.17) is 4.74 Å². The number of carbonyl (C=O) groups excluding carboxylic acids is 1. The lowest BCUT2D eigenvalue weighted by Crippen LogP contribution is -2.19. The fourth-order valence-electron chi connectivity index (χ4n) is 2.09. The van der Waals surface area contributed by atoms with E-state index >= 15 is 0 Å². The molecule has 1 aromatic rings. The molecule has 1 aromatic carbocycles. The summed E-state index contributed by atoms with van der Waals surface area (Å²) in [4.78, 5) is 11.4. The van der Waals surface area contributed by atoms with E-state index in [2.05, 4.69) is 45.0 Å². The second kappa shape index (κ2) is 4.61. The van der Waals surface area contributed by atoms with Crippen molar-refractivity contribution in [3.8, 4) is 0 Å². The lowest BCUT2D eigenvalue weighted by atomic mass is 9.86. The summed E-state index contributed by atoms with van der Waals surface area (Å²) in [6, 6.07) is 8.45. The standard InChI is InChI=1S/C15H20O2/c1-15(2,3)12-6-4-11(5-7-12)14-10-13(16)8-9-17-14/h4-7,14H,8-10H2,1-3H3/t14-/m1/s1. The molecule has 0 N–H and O–H groups in total. The summed E-state index contributed by atoms with van der Waals surface area (Å²) in [6.07, 6.45) is 1.05. The Kier molecular flexibility index (Phi) is 3.34. The van der Waals surface area contributed by atoms with Gasteiger partial charge in [-0.1, -0.05) is 45.0 Å². The molecule has 1 aliphatic heterocycles. The van der Waals surface area contributed by atoms with Crippen molar-refractivity contribution >= 4 is 5.78 Å². The topological polar surface area (TPSA) is 26.3 Å². The molecule has 2 nitrogen and oxygen atoms in total. The lowest BCUT2D eigenvalue weighted by Gasteiger charge is -2.24. The van der Waals surface area contributed by atoms with E-state index in [9.17, 15) is 4.79 Å². The molecule has 17 heavy (non-hydrogen) atoms. The molecule has 1 heterocycles. The Morgan fingerprint density at radius 3 is 2.35 bits per heavy atom. The van der Waals surface area contributed by atoms with Crippen molar-refractivity contribution in [2.24, 2.45) is 0 Å². The third kappa shape index (κ3) is 2.95. The van der Waals surface area contributed by atoms with Crippen molar-refractivity contribution in [3.63, 3.8) is 0 Å². The molecule has 0 spiro atoms. The molecule has 2 heteroatoms. The van der Waals surface area contributed by atoms with E-state index in [1.165, 1.54) is 5.56 Å². The molecule has 92 valence electrons. The number of Topliss-reactive ketones (excluding diaryl/α,β-unsaturated/α-hetero) is 1. The zero-order valence-electron chi connectivity index (χ0n) is 10.8. The highest BCUT2D eigenvalue weighted by Crippen LogP contribution is 2.28. The van der Waals surface area contributed by atoms with Crippen LogP contribution in [0.4, 0.5) is 0 Å². The highest BCUT2D eigenvalue weighted by Gasteiger charge is 2.22. The molecule has 1 aliphatic rings. The molecular weight excluding hydrogens is 212 g/mol. The second-order valence-corrected chi connectivity index (χ2v) is 5.72. The number of rotatable bonds is 1. The van der Waals surface area contributed by atoms with Crippen molar-refractivity contribution in [1.82, 2.24) is 0 Å². The Morgan fingerprint density at radius 1 is 1.18 bits per heavy atom. The summed E-state index contributed by atoms with van der Waals surface area (Å²) in [7, 11) is 0. The molecule has 0 radical (unpaired) electrons. The molecule has 1 fully saturated rings. The van der Waals surface area contributed by atoms with Gasteiger partial charge in [-0.2, -0.15) is 0 Å². The highest BCUT2D eigenvalue weighted by molar-refractivity contribution is 5.79. The van der Waals surface area contributed by atoms with Crippen LogP contribution >= 0.6 is 0 Å². The van der Waals surface area contributed by atoms with Crippen molar-refractivity contribution in [1.29, 1.82) is 0 Å². The van der Waals surface area contributed by atoms with Gasteiger partial charge in [-0.05, 0) is 16.5 Å². The van der Waals surface area contributed by atoms with E-state index in [0.29, 0.717) is 25.2 Å². The van der Waals surface area contributed by atoms with Crippen molar-refractivity contribution < 1.29 is 9.53 Å². The number of carbonyl (C=O) groups is 1. The van der Waals surface area contributed by atoms with Gasteiger partial charge >= 0.3 is 0 Å². The van der Waals surface area contributed by atoms with Gasteiger partial charge in [0.25, 0.3) is 0 Å². The summed E-state index contributed by atoms with van der Waals surface area (Å²) in [6.45, 7) is 7.15. The molecule has 0 bridgehead atoms. The third-order valence-electron chi connectivity index (χ3n) is 3.26. The number of ether oxygens (including phenoxy) is 1. The first-order valence-electron chi connectivity index (χ1n) is 6.20. The molecule has 0 unspecified atom stereocenters. The van der Waals surface area contributed by atoms with E-state index in [1.54, 1.807) is 0 Å². The minimum atomic E-state index is -0.0368. The molecule has 0 aliphatic carbocycles. The predicted octanol–water partition coefficient (Wildman–Crippen LogP) is 3.40. The van der Waals surface area contributed by atoms with Crippen LogP contribution in [-0.4, -0.2) is 12.4 Å². The quantitative estimate of drug-likeness (QED) is 0.741. The maximum absolute atomic E-state index is 11.4. The molecule has 0 amide bonds. The molecule has 0 saturated carbocycles. The van der Waals surface area contributed by atoms with Gasteiger partial charge in [-0.25, -0.2) is 0 Å². The maximum atomic E-state index is 11.4. The molecule has 2 rings (SSSR count). The molecule has 1 atom stereocenters. The zero-order chi connectivity index (χ0) is 12.5. The summed E-state index contributed by atoms with van der Waals surface area (Å²) in [5.74, 6) is 0.307. The number of hydrogen-bond donors (Lipinski definition) is 0. The minimum Gasteiger partial charge on any atom is -0.373 e. The zero-order valence-corrected chi connectivity index (χ0v) is 10.8. The average Bonchev–Trinajstić information content (AvgIpc) is 2.28. The fourth-order valence-corrected chi connectivity index (χ4v) is 2.09. The van der Waals surface area contributed by atoms with E-state index in [-0.39, 0.29) is 11.5 Å². The van der Waals surface area contributed by atoms with Gasteiger partial charge in [-0.15, -0.1) is 0 Å². The summed E-state index contributed by atoms with van der Waals surface area (Å²) >= 11 is 0. The fraction of sp³-hybridized carbons (Fsp3) is 0.533. The largest absolute Gasteiger partial charge is 0.373 e. The van der Waals surface area contributed by atoms with Crippen LogP contribution in [-0.2, 0) is 14.9 Å². The first-order chi connectivity index (χ1) is 7.97. The maximum Gasteiger partial charge on any atom is 0.138 e. The predicted molar refractivity (Wildman–Crippen MR) is 68.1 cm³/mol. The molecular formula is C15H20O2. The number of benzene rings is 1. The summed E-state index contributed by atoms with van der Waals surface area (Å²) in [5, 5.41) is 0. The Bertz CT molecular complexity index is 398. The Labute approximate surface area is 103 Å². The Morgan fingerprint density at radius 2 is 1.82 bits per heavy atom. The molecule has 0 aromatic heterocycles. The first-order valence-corrected chi connectivity index (χ1v) is 6.20. The smallest absolute Gasteiger partial charge is 0.138 e. The first kappa shape index (κ1) is 12.3. The number of ketones is 1. The lowest BCUT2D eigenvalue weighted by molar-refractivity contribution is -0.128. The monoisotopic (exact) mass is 232 g/mol. The number of hydrogen-bond acceptors (Lipinski definition) is 2. The van der Waals surface area contributed by atoms with Crippen molar-refractivity contribution in [3.05, 3.63) is 35.4 Å². The van der Waals surface area contributed by atoms with Gasteiger partial charge in [0, 0.05) is 12.8 Å². The van der Waals surface area contributed by atoms with Gasteiger partial charge in [0.05, 0.1) is 12.7 Å². The minimum absolute atomic E-state index is 0.0368. The third-order valence-corrected chi connectivity index (χ3v) is 3.26. The van der Waals surface area contributed by atoms with Crippen molar-refractivity contribution in [2.45, 2.75) is 45.1 Å². The highest BCUT2D eigenvalue weighted by atomic mass is 16.5. The Balaban J connectivity index is 2.15. The average molecular weight is 232 g/mol. The van der Waals surface area contributed by atoms with Crippen molar-refractivity contribution in [2.75, 3.05) is 6.61 Å². The Hall–Kier alpha value is -1.15. The van der Waals surface area contributed by atoms with Crippen LogP contribution in [0.3, 0.4) is 0 Å². The molecule has 1 saturated heterocycles. The van der Waals surface area contributed by atoms with Crippen LogP contribution < -0.4 is 0 Å². The van der Waals surface area contributed by atoms with Gasteiger partial charge in [-0.3, -0.25) is 4.79 Å². The van der Waals surface area contributed by atoms with E-state index in [0.717, 1.165) is 5.56 Å². The van der Waals surface area contributed by atoms with Crippen LogP contribution in [0.5, 0.6) is 0 Å². The SMILES string of the molecule is CC(C)(C)c1ccc([C@H]2CC(=O)CCO2)cc1. The van der Waals surface area contributed by atoms with Gasteiger partial charge in [0.1, 0.15) is 5.78 Å². The normalized spacial score (nSPS) is 21.6. The van der Waals surface area contributed by atoms with Crippen LogP contribution in [0.1, 0.15) is 50.8 Å². The summed E-state index contributed by atoms with van der Waals surface area (Å²) < 4.78 is 5.64. The second-order valence-electron chi connectivity index (χ2n) is 5.72. The van der Waals surface area contributed by atoms with E-state index < -0.39 is 0 Å². The van der Waals surface area contributed by atoms with Crippen LogP contribution in [0.2, 0.25) is 0 Å². The van der Waals surface area contributed by atoms with Gasteiger partial charge in [0.2, 0.25) is 0 Å². The van der Waals surface area contributed by atoms with Crippen LogP contribution in [0, 0.1) is 0 Å².